The molecule has 0 unspecified atom stereocenters. The minimum absolute atomic E-state index is 0.282. The lowest BCUT2D eigenvalue weighted by molar-refractivity contribution is 0.0600. The molecule has 100 valence electrons. The molecule has 0 bridgehead atoms. The summed E-state index contributed by atoms with van der Waals surface area (Å²) >= 11 is 0. The number of aromatic nitrogens is 1. The molecule has 2 rings (SSSR count). The first kappa shape index (κ1) is 13.1. The first-order valence-corrected chi connectivity index (χ1v) is 5.83. The Morgan fingerprint density at radius 1 is 1.42 bits per heavy atom. The number of benzene rings is 1. The van der Waals surface area contributed by atoms with Gasteiger partial charge in [0.15, 0.2) is 0 Å². The van der Waals surface area contributed by atoms with Gasteiger partial charge < -0.3 is 14.6 Å². The van der Waals surface area contributed by atoms with Crippen LogP contribution in [0.5, 0.6) is 0 Å². The monoisotopic (exact) mass is 262 g/mol. The number of carbonyl (C=O) groups is 1. The van der Waals surface area contributed by atoms with Gasteiger partial charge in [0.25, 0.3) is 0 Å². The molecule has 1 aromatic heterocycles. The highest BCUT2D eigenvalue weighted by Gasteiger charge is 2.10. The number of methoxy groups -OCH3 is 1. The predicted octanol–water partition coefficient (Wildman–Crippen LogP) is 2.56. The van der Waals surface area contributed by atoms with Gasteiger partial charge in [-0.2, -0.15) is 0 Å². The van der Waals surface area contributed by atoms with E-state index in [2.05, 4.69) is 10.1 Å². The summed E-state index contributed by atoms with van der Waals surface area (Å²) in [6.45, 7) is 0.477. The van der Waals surface area contributed by atoms with Gasteiger partial charge in [-0.25, -0.2) is 9.18 Å². The molecule has 19 heavy (non-hydrogen) atoms. The number of halogens is 1. The van der Waals surface area contributed by atoms with Crippen molar-refractivity contribution in [3.05, 3.63) is 53.6 Å². The summed E-state index contributed by atoms with van der Waals surface area (Å²) in [7, 11) is 3.21. The van der Waals surface area contributed by atoms with E-state index in [0.717, 1.165) is 5.69 Å². The Morgan fingerprint density at radius 2 is 2.21 bits per heavy atom. The van der Waals surface area contributed by atoms with Gasteiger partial charge in [0, 0.05) is 18.9 Å². The number of hydrogen-bond donors (Lipinski definition) is 1. The molecule has 0 aliphatic carbocycles. The van der Waals surface area contributed by atoms with Gasteiger partial charge in [-0.3, -0.25) is 0 Å². The Morgan fingerprint density at radius 3 is 2.84 bits per heavy atom. The highest BCUT2D eigenvalue weighted by atomic mass is 19.1. The van der Waals surface area contributed by atoms with Crippen LogP contribution in [0.3, 0.4) is 0 Å². The zero-order valence-electron chi connectivity index (χ0n) is 10.8. The maximum Gasteiger partial charge on any atom is 0.337 e. The predicted molar refractivity (Wildman–Crippen MR) is 70.5 cm³/mol. The van der Waals surface area contributed by atoms with E-state index in [1.807, 2.05) is 29.9 Å². The lowest BCUT2D eigenvalue weighted by Gasteiger charge is -2.10. The smallest absolute Gasteiger partial charge is 0.337 e. The van der Waals surface area contributed by atoms with Crippen molar-refractivity contribution in [3.63, 3.8) is 0 Å². The molecule has 5 heteroatoms. The van der Waals surface area contributed by atoms with Crippen LogP contribution in [0.2, 0.25) is 0 Å². The van der Waals surface area contributed by atoms with Crippen molar-refractivity contribution < 1.29 is 13.9 Å². The molecule has 0 atom stereocenters. The fourth-order valence-corrected chi connectivity index (χ4v) is 1.77. The molecule has 0 amide bonds. The van der Waals surface area contributed by atoms with Crippen LogP contribution in [0.25, 0.3) is 0 Å². The molecule has 0 fully saturated rings. The molecule has 0 saturated carbocycles. The number of carbonyl (C=O) groups excluding carboxylic acids is 1. The van der Waals surface area contributed by atoms with E-state index in [9.17, 15) is 9.18 Å². The normalized spacial score (nSPS) is 10.3. The van der Waals surface area contributed by atoms with Gasteiger partial charge in [-0.15, -0.1) is 0 Å². The van der Waals surface area contributed by atoms with Gasteiger partial charge in [-0.1, -0.05) is 0 Å². The fourth-order valence-electron chi connectivity index (χ4n) is 1.77. The van der Waals surface area contributed by atoms with Crippen molar-refractivity contribution in [2.75, 3.05) is 12.4 Å². The summed E-state index contributed by atoms with van der Waals surface area (Å²) in [6, 6.07) is 7.95. The minimum atomic E-state index is -0.484. The third kappa shape index (κ3) is 2.93. The molecule has 0 aliphatic rings. The number of aryl methyl sites for hydroxylation is 1. The molecule has 1 aromatic carbocycles. The van der Waals surface area contributed by atoms with Gasteiger partial charge in [0.1, 0.15) is 5.82 Å². The summed E-state index contributed by atoms with van der Waals surface area (Å²) in [5, 5.41) is 2.97. The number of rotatable bonds is 4. The van der Waals surface area contributed by atoms with E-state index in [-0.39, 0.29) is 5.69 Å². The van der Waals surface area contributed by atoms with E-state index < -0.39 is 11.8 Å². The largest absolute Gasteiger partial charge is 0.465 e. The van der Waals surface area contributed by atoms with Crippen LogP contribution in [0.1, 0.15) is 16.1 Å². The SMILES string of the molecule is COC(=O)c1ccc(F)c(NCc2cccn2C)c1. The fraction of sp³-hybridized carbons (Fsp3) is 0.214. The highest BCUT2D eigenvalue weighted by molar-refractivity contribution is 5.90. The molecule has 1 N–H and O–H groups in total. The van der Waals surface area contributed by atoms with Crippen molar-refractivity contribution in [3.8, 4) is 0 Å². The molecule has 0 aliphatic heterocycles. The topological polar surface area (TPSA) is 43.3 Å². The van der Waals surface area contributed by atoms with Crippen LogP contribution >= 0.6 is 0 Å². The summed E-state index contributed by atoms with van der Waals surface area (Å²) in [5.41, 5.74) is 1.62. The number of esters is 1. The second-order valence-corrected chi connectivity index (χ2v) is 4.15. The Balaban J connectivity index is 2.15. The molecule has 0 spiro atoms. The first-order chi connectivity index (χ1) is 9.11. The molecular weight excluding hydrogens is 247 g/mol. The van der Waals surface area contributed by atoms with E-state index in [0.29, 0.717) is 12.1 Å². The average molecular weight is 262 g/mol. The molecule has 0 radical (unpaired) electrons. The van der Waals surface area contributed by atoms with E-state index in [1.165, 1.54) is 25.3 Å². The molecule has 0 saturated heterocycles. The van der Waals surface area contributed by atoms with Crippen LogP contribution in [0.15, 0.2) is 36.5 Å². The number of ether oxygens (including phenoxy) is 1. The summed E-state index contributed by atoms with van der Waals surface area (Å²) in [6.07, 6.45) is 1.91. The van der Waals surface area contributed by atoms with E-state index in [1.54, 1.807) is 0 Å². The average Bonchev–Trinajstić information content (AvgIpc) is 2.82. The minimum Gasteiger partial charge on any atom is -0.465 e. The van der Waals surface area contributed by atoms with Crippen LogP contribution in [0.4, 0.5) is 10.1 Å². The van der Waals surface area contributed by atoms with Crippen LogP contribution in [0, 0.1) is 5.82 Å². The second kappa shape index (κ2) is 5.56. The third-order valence-electron chi connectivity index (χ3n) is 2.90. The maximum atomic E-state index is 13.6. The number of nitrogens with zero attached hydrogens (tertiary/aromatic N) is 1. The Bertz CT molecular complexity index is 593. The van der Waals surface area contributed by atoms with Crippen molar-refractivity contribution in [2.24, 2.45) is 7.05 Å². The number of anilines is 1. The zero-order chi connectivity index (χ0) is 13.8. The van der Waals surface area contributed by atoms with Crippen molar-refractivity contribution in [1.82, 2.24) is 4.57 Å². The highest BCUT2D eigenvalue weighted by Crippen LogP contribution is 2.17. The molecule has 1 heterocycles. The lowest BCUT2D eigenvalue weighted by atomic mass is 10.2. The van der Waals surface area contributed by atoms with Gasteiger partial charge in [-0.05, 0) is 30.3 Å². The Labute approximate surface area is 110 Å². The summed E-state index contributed by atoms with van der Waals surface area (Å²) in [5.74, 6) is -0.885. The molecular formula is C14H15FN2O2. The number of nitrogens with one attached hydrogen (secondary N) is 1. The standard InChI is InChI=1S/C14H15FN2O2/c1-17-7-3-4-11(17)9-16-13-8-10(14(18)19-2)5-6-12(13)15/h3-8,16H,9H2,1-2H3. The van der Waals surface area contributed by atoms with E-state index >= 15 is 0 Å². The van der Waals surface area contributed by atoms with Crippen molar-refractivity contribution >= 4 is 11.7 Å². The van der Waals surface area contributed by atoms with Crippen LogP contribution < -0.4 is 5.32 Å². The first-order valence-electron chi connectivity index (χ1n) is 5.83. The molecule has 4 nitrogen and oxygen atoms in total. The summed E-state index contributed by atoms with van der Waals surface area (Å²) < 4.78 is 20.2. The third-order valence-corrected chi connectivity index (χ3v) is 2.90. The van der Waals surface area contributed by atoms with Crippen LogP contribution in [-0.4, -0.2) is 17.6 Å². The summed E-state index contributed by atoms with van der Waals surface area (Å²) in [4.78, 5) is 11.4. The second-order valence-electron chi connectivity index (χ2n) is 4.15. The van der Waals surface area contributed by atoms with Gasteiger partial charge in [0.05, 0.1) is 24.9 Å². The maximum absolute atomic E-state index is 13.6. The van der Waals surface area contributed by atoms with Crippen LogP contribution in [-0.2, 0) is 18.3 Å². The van der Waals surface area contributed by atoms with Gasteiger partial charge >= 0.3 is 5.97 Å². The van der Waals surface area contributed by atoms with Crippen molar-refractivity contribution in [1.29, 1.82) is 0 Å². The lowest BCUT2D eigenvalue weighted by Crippen LogP contribution is -2.07. The van der Waals surface area contributed by atoms with E-state index in [4.69, 9.17) is 0 Å². The van der Waals surface area contributed by atoms with Crippen molar-refractivity contribution in [2.45, 2.75) is 6.54 Å². The Kier molecular flexibility index (Phi) is 3.85. The number of hydrogen-bond acceptors (Lipinski definition) is 3. The Hall–Kier alpha value is -2.30. The van der Waals surface area contributed by atoms with Gasteiger partial charge in [0.2, 0.25) is 0 Å². The molecule has 2 aromatic rings. The quantitative estimate of drug-likeness (QED) is 0.861. The zero-order valence-corrected chi connectivity index (χ0v) is 10.8.